The second kappa shape index (κ2) is 6.71. The van der Waals surface area contributed by atoms with Gasteiger partial charge in [0.15, 0.2) is 0 Å². The molecule has 3 N–H and O–H groups in total. The summed E-state index contributed by atoms with van der Waals surface area (Å²) >= 11 is 0. The number of carbonyl (C=O) groups excluding carboxylic acids is 2. The SMILES string of the molecule is NCC1CC(NC(=O)c2ccccc2)(C(=O)N2CCCCC2)C1. The van der Waals surface area contributed by atoms with Gasteiger partial charge in [0.2, 0.25) is 5.91 Å². The van der Waals surface area contributed by atoms with Crippen LogP contribution in [0.15, 0.2) is 30.3 Å². The quantitative estimate of drug-likeness (QED) is 0.885. The normalized spacial score (nSPS) is 27.2. The largest absolute Gasteiger partial charge is 0.341 e. The highest BCUT2D eigenvalue weighted by molar-refractivity contribution is 5.99. The van der Waals surface area contributed by atoms with E-state index in [0.29, 0.717) is 30.9 Å². The van der Waals surface area contributed by atoms with E-state index in [9.17, 15) is 9.59 Å². The van der Waals surface area contributed by atoms with Gasteiger partial charge in [0.05, 0.1) is 0 Å². The Bertz CT molecular complexity index is 561. The van der Waals surface area contributed by atoms with Crippen molar-refractivity contribution in [3.63, 3.8) is 0 Å². The molecule has 0 radical (unpaired) electrons. The van der Waals surface area contributed by atoms with Crippen molar-refractivity contribution in [2.24, 2.45) is 11.7 Å². The molecule has 2 fully saturated rings. The number of amides is 2. The maximum Gasteiger partial charge on any atom is 0.252 e. The van der Waals surface area contributed by atoms with Crippen molar-refractivity contribution < 1.29 is 9.59 Å². The number of likely N-dealkylation sites (tertiary alicyclic amines) is 1. The molecule has 1 heterocycles. The lowest BCUT2D eigenvalue weighted by molar-refractivity contribution is -0.144. The summed E-state index contributed by atoms with van der Waals surface area (Å²) in [5.74, 6) is 0.220. The Morgan fingerprint density at radius 1 is 1.13 bits per heavy atom. The maximum absolute atomic E-state index is 13.0. The van der Waals surface area contributed by atoms with Crippen molar-refractivity contribution in [2.45, 2.75) is 37.6 Å². The van der Waals surface area contributed by atoms with Gasteiger partial charge in [0, 0.05) is 18.7 Å². The van der Waals surface area contributed by atoms with E-state index in [1.807, 2.05) is 23.1 Å². The van der Waals surface area contributed by atoms with Crippen molar-refractivity contribution in [1.29, 1.82) is 0 Å². The Kier molecular flexibility index (Phi) is 4.66. The predicted octanol–water partition coefficient (Wildman–Crippen LogP) is 1.54. The lowest BCUT2D eigenvalue weighted by Crippen LogP contribution is -2.67. The van der Waals surface area contributed by atoms with Crippen molar-refractivity contribution in [1.82, 2.24) is 10.2 Å². The van der Waals surface area contributed by atoms with E-state index in [2.05, 4.69) is 5.32 Å². The highest BCUT2D eigenvalue weighted by Gasteiger charge is 2.52. The first-order chi connectivity index (χ1) is 11.1. The van der Waals surface area contributed by atoms with Crippen molar-refractivity contribution in [2.75, 3.05) is 19.6 Å². The number of piperidine rings is 1. The molecule has 1 aromatic carbocycles. The van der Waals surface area contributed by atoms with Gasteiger partial charge in [0.25, 0.3) is 5.91 Å². The van der Waals surface area contributed by atoms with Gasteiger partial charge < -0.3 is 16.0 Å². The van der Waals surface area contributed by atoms with Crippen LogP contribution in [0, 0.1) is 5.92 Å². The molecule has 1 saturated heterocycles. The first-order valence-corrected chi connectivity index (χ1v) is 8.52. The lowest BCUT2D eigenvalue weighted by Gasteiger charge is -2.49. The monoisotopic (exact) mass is 315 g/mol. The molecule has 1 aliphatic carbocycles. The topological polar surface area (TPSA) is 75.4 Å². The minimum atomic E-state index is -0.756. The molecule has 0 atom stereocenters. The zero-order chi connectivity index (χ0) is 16.3. The third-order valence-corrected chi connectivity index (χ3v) is 5.05. The summed E-state index contributed by atoms with van der Waals surface area (Å²) in [5, 5.41) is 3.02. The maximum atomic E-state index is 13.0. The second-order valence-corrected chi connectivity index (χ2v) is 6.77. The summed E-state index contributed by atoms with van der Waals surface area (Å²) in [5.41, 5.74) is 5.57. The van der Waals surface area contributed by atoms with Gasteiger partial charge in [-0.1, -0.05) is 18.2 Å². The summed E-state index contributed by atoms with van der Waals surface area (Å²) in [7, 11) is 0. The van der Waals surface area contributed by atoms with E-state index in [1.54, 1.807) is 12.1 Å². The first kappa shape index (κ1) is 16.0. The summed E-state index contributed by atoms with van der Waals surface area (Å²) in [4.78, 5) is 27.4. The van der Waals surface area contributed by atoms with Crippen molar-refractivity contribution >= 4 is 11.8 Å². The van der Waals surface area contributed by atoms with Crippen LogP contribution in [0.1, 0.15) is 42.5 Å². The smallest absolute Gasteiger partial charge is 0.252 e. The average molecular weight is 315 g/mol. The minimum Gasteiger partial charge on any atom is -0.341 e. The van der Waals surface area contributed by atoms with Crippen molar-refractivity contribution in [3.8, 4) is 0 Å². The average Bonchev–Trinajstić information content (AvgIpc) is 2.58. The zero-order valence-electron chi connectivity index (χ0n) is 13.5. The number of nitrogens with two attached hydrogens (primary N) is 1. The van der Waals surface area contributed by atoms with Gasteiger partial charge in [0.1, 0.15) is 5.54 Å². The van der Waals surface area contributed by atoms with Gasteiger partial charge in [-0.3, -0.25) is 9.59 Å². The molecule has 0 spiro atoms. The Morgan fingerprint density at radius 2 is 1.78 bits per heavy atom. The van der Waals surface area contributed by atoms with E-state index < -0.39 is 5.54 Å². The number of carbonyl (C=O) groups is 2. The van der Waals surface area contributed by atoms with Crippen LogP contribution in [0.3, 0.4) is 0 Å². The Hall–Kier alpha value is -1.88. The molecule has 1 aliphatic heterocycles. The zero-order valence-corrected chi connectivity index (χ0v) is 13.5. The number of hydrogen-bond donors (Lipinski definition) is 2. The molecule has 3 rings (SSSR count). The first-order valence-electron chi connectivity index (χ1n) is 8.52. The summed E-state index contributed by atoms with van der Waals surface area (Å²) in [6, 6.07) is 9.08. The highest BCUT2D eigenvalue weighted by atomic mass is 16.2. The Labute approximate surface area is 137 Å². The molecule has 2 amide bonds. The molecule has 0 bridgehead atoms. The molecule has 5 heteroatoms. The van der Waals surface area contributed by atoms with Gasteiger partial charge in [-0.2, -0.15) is 0 Å². The van der Waals surface area contributed by atoms with Gasteiger partial charge >= 0.3 is 0 Å². The van der Waals surface area contributed by atoms with Crippen LogP contribution in [0.25, 0.3) is 0 Å². The number of nitrogens with zero attached hydrogens (tertiary/aromatic N) is 1. The Morgan fingerprint density at radius 3 is 2.39 bits per heavy atom. The molecule has 124 valence electrons. The summed E-state index contributed by atoms with van der Waals surface area (Å²) in [6.45, 7) is 2.17. The molecule has 1 saturated carbocycles. The van der Waals surface area contributed by atoms with E-state index in [1.165, 1.54) is 6.42 Å². The van der Waals surface area contributed by atoms with Crippen LogP contribution >= 0.6 is 0 Å². The predicted molar refractivity (Wildman–Crippen MR) is 88.8 cm³/mol. The van der Waals surface area contributed by atoms with Crippen LogP contribution in [0.2, 0.25) is 0 Å². The van der Waals surface area contributed by atoms with Crippen LogP contribution < -0.4 is 11.1 Å². The standard InChI is InChI=1S/C18H25N3O2/c19-13-14-11-18(12-14,17(23)21-9-5-2-6-10-21)20-16(22)15-7-3-1-4-8-15/h1,3-4,7-8,14H,2,5-6,9-13,19H2,(H,20,22). The fourth-order valence-corrected chi connectivity index (χ4v) is 3.70. The number of benzene rings is 1. The molecular weight excluding hydrogens is 290 g/mol. The van der Waals surface area contributed by atoms with Crippen molar-refractivity contribution in [3.05, 3.63) is 35.9 Å². The van der Waals surface area contributed by atoms with Crippen LogP contribution in [0.5, 0.6) is 0 Å². The fourth-order valence-electron chi connectivity index (χ4n) is 3.70. The third kappa shape index (κ3) is 3.24. The van der Waals surface area contributed by atoms with Gasteiger partial charge in [-0.15, -0.1) is 0 Å². The Balaban J connectivity index is 1.74. The molecule has 23 heavy (non-hydrogen) atoms. The van der Waals surface area contributed by atoms with E-state index >= 15 is 0 Å². The number of hydrogen-bond acceptors (Lipinski definition) is 3. The molecule has 1 aromatic rings. The summed E-state index contributed by atoms with van der Waals surface area (Å²) in [6.07, 6.45) is 4.58. The fraction of sp³-hybridized carbons (Fsp3) is 0.556. The van der Waals surface area contributed by atoms with E-state index in [-0.39, 0.29) is 11.8 Å². The highest BCUT2D eigenvalue weighted by Crippen LogP contribution is 2.39. The van der Waals surface area contributed by atoms with Crippen LogP contribution in [-0.4, -0.2) is 41.9 Å². The van der Waals surface area contributed by atoms with E-state index in [0.717, 1.165) is 25.9 Å². The van der Waals surface area contributed by atoms with Crippen LogP contribution in [0.4, 0.5) is 0 Å². The minimum absolute atomic E-state index is 0.0752. The molecule has 5 nitrogen and oxygen atoms in total. The van der Waals surface area contributed by atoms with E-state index in [4.69, 9.17) is 5.73 Å². The second-order valence-electron chi connectivity index (χ2n) is 6.77. The lowest BCUT2D eigenvalue weighted by atomic mass is 9.67. The van der Waals surface area contributed by atoms with Gasteiger partial charge in [-0.25, -0.2) is 0 Å². The molecular formula is C18H25N3O2. The third-order valence-electron chi connectivity index (χ3n) is 5.05. The number of rotatable bonds is 4. The van der Waals surface area contributed by atoms with Gasteiger partial charge in [-0.05, 0) is 56.7 Å². The molecule has 0 unspecified atom stereocenters. The van der Waals surface area contributed by atoms with Crippen LogP contribution in [-0.2, 0) is 4.79 Å². The summed E-state index contributed by atoms with van der Waals surface area (Å²) < 4.78 is 0. The number of nitrogens with one attached hydrogen (secondary N) is 1. The molecule has 2 aliphatic rings. The molecule has 0 aromatic heterocycles.